The molecular weight excluding hydrogens is 256 g/mol. The third-order valence-corrected chi connectivity index (χ3v) is 5.09. The molecule has 2 rings (SSSR count). The van der Waals surface area contributed by atoms with E-state index in [0.717, 1.165) is 25.6 Å². The fourth-order valence-corrected chi connectivity index (χ4v) is 4.64. The monoisotopic (exact) mass is 288 g/mol. The Morgan fingerprint density at radius 3 is 2.38 bits per heavy atom. The molecule has 2 nitrogen and oxygen atoms in total. The smallest absolute Gasteiger partial charge is 0.0342 e. The van der Waals surface area contributed by atoms with E-state index in [1.807, 2.05) is 0 Å². The van der Waals surface area contributed by atoms with Crippen LogP contribution in [0.25, 0.3) is 0 Å². The lowest BCUT2D eigenvalue weighted by Gasteiger charge is -2.53. The highest BCUT2D eigenvalue weighted by molar-refractivity contribution is 5.15. The maximum atomic E-state index is 6.31. The van der Waals surface area contributed by atoms with Crippen LogP contribution in [0.2, 0.25) is 0 Å². The number of hydrogen-bond acceptors (Lipinski definition) is 2. The third kappa shape index (κ3) is 3.87. The Morgan fingerprint density at radius 2 is 1.86 bits per heavy atom. The second-order valence-corrected chi connectivity index (χ2v) is 7.78. The topological polar surface area (TPSA) is 29.3 Å². The van der Waals surface area contributed by atoms with Gasteiger partial charge in [0.05, 0.1) is 0 Å². The normalized spacial score (nSPS) is 28.8. The van der Waals surface area contributed by atoms with E-state index in [1.54, 1.807) is 0 Å². The molecule has 0 radical (unpaired) electrons. The van der Waals surface area contributed by atoms with Gasteiger partial charge in [0, 0.05) is 18.6 Å². The van der Waals surface area contributed by atoms with Crippen molar-refractivity contribution in [3.63, 3.8) is 0 Å². The molecule has 0 amide bonds. The van der Waals surface area contributed by atoms with Crippen LogP contribution in [-0.4, -0.2) is 23.5 Å². The number of nitrogens with zero attached hydrogens (tertiary/aromatic N) is 1. The van der Waals surface area contributed by atoms with E-state index in [2.05, 4.69) is 62.9 Å². The lowest BCUT2D eigenvalue weighted by Crippen LogP contribution is -2.58. The van der Waals surface area contributed by atoms with E-state index in [9.17, 15) is 0 Å². The van der Waals surface area contributed by atoms with Crippen molar-refractivity contribution in [3.8, 4) is 0 Å². The van der Waals surface area contributed by atoms with Crippen molar-refractivity contribution >= 4 is 0 Å². The Balaban J connectivity index is 2.24. The molecule has 0 saturated heterocycles. The van der Waals surface area contributed by atoms with Crippen molar-refractivity contribution in [2.75, 3.05) is 13.1 Å². The summed E-state index contributed by atoms with van der Waals surface area (Å²) in [5.74, 6) is 0.752. The Hall–Kier alpha value is -0.860. The van der Waals surface area contributed by atoms with Gasteiger partial charge in [-0.3, -0.25) is 4.90 Å². The molecule has 0 bridgehead atoms. The Kier molecular flexibility index (Phi) is 5.11. The predicted molar refractivity (Wildman–Crippen MR) is 91.1 cm³/mol. The zero-order valence-electron chi connectivity index (χ0n) is 14.2. The minimum absolute atomic E-state index is 0.158. The zero-order valence-corrected chi connectivity index (χ0v) is 14.2. The van der Waals surface area contributed by atoms with Crippen molar-refractivity contribution in [2.45, 2.75) is 59.0 Å². The van der Waals surface area contributed by atoms with Crippen LogP contribution in [0, 0.1) is 11.3 Å². The summed E-state index contributed by atoms with van der Waals surface area (Å²) in [6.07, 6.45) is 3.76. The summed E-state index contributed by atoms with van der Waals surface area (Å²) in [4.78, 5) is 2.62. The molecule has 1 aromatic rings. The van der Waals surface area contributed by atoms with Crippen molar-refractivity contribution in [2.24, 2.45) is 17.1 Å². The molecule has 2 unspecified atom stereocenters. The van der Waals surface area contributed by atoms with Gasteiger partial charge in [-0.15, -0.1) is 0 Å². The van der Waals surface area contributed by atoms with Crippen LogP contribution in [0.15, 0.2) is 30.3 Å². The maximum absolute atomic E-state index is 6.31. The number of likely N-dealkylation sites (N-methyl/N-ethyl adjacent to an activating group) is 1. The number of benzene rings is 1. The highest BCUT2D eigenvalue weighted by atomic mass is 15.2. The zero-order chi connectivity index (χ0) is 15.5. The summed E-state index contributed by atoms with van der Waals surface area (Å²) in [5, 5.41) is 0. The van der Waals surface area contributed by atoms with Gasteiger partial charge in [0.2, 0.25) is 0 Å². The van der Waals surface area contributed by atoms with Crippen LogP contribution in [0.5, 0.6) is 0 Å². The fourth-order valence-electron chi connectivity index (χ4n) is 4.64. The first-order chi connectivity index (χ1) is 9.91. The molecule has 2 atom stereocenters. The molecule has 1 fully saturated rings. The third-order valence-electron chi connectivity index (χ3n) is 5.09. The first kappa shape index (κ1) is 16.5. The summed E-state index contributed by atoms with van der Waals surface area (Å²) in [6, 6.07) is 10.8. The Morgan fingerprint density at radius 1 is 1.19 bits per heavy atom. The van der Waals surface area contributed by atoms with Crippen LogP contribution in [0.3, 0.4) is 0 Å². The van der Waals surface area contributed by atoms with E-state index in [-0.39, 0.29) is 5.54 Å². The molecule has 1 aliphatic rings. The summed E-state index contributed by atoms with van der Waals surface area (Å²) >= 11 is 0. The lowest BCUT2D eigenvalue weighted by molar-refractivity contribution is -0.0139. The molecule has 0 aliphatic heterocycles. The summed E-state index contributed by atoms with van der Waals surface area (Å²) in [7, 11) is 0. The van der Waals surface area contributed by atoms with E-state index >= 15 is 0 Å². The summed E-state index contributed by atoms with van der Waals surface area (Å²) in [5.41, 5.74) is 8.25. The fraction of sp³-hybridized carbons (Fsp3) is 0.684. The molecule has 1 aromatic carbocycles. The molecule has 1 saturated carbocycles. The largest absolute Gasteiger partial charge is 0.329 e. The van der Waals surface area contributed by atoms with Gasteiger partial charge in [0.1, 0.15) is 0 Å². The molecule has 2 N–H and O–H groups in total. The van der Waals surface area contributed by atoms with Gasteiger partial charge in [0.25, 0.3) is 0 Å². The molecule has 1 aliphatic carbocycles. The van der Waals surface area contributed by atoms with Crippen molar-refractivity contribution in [1.82, 2.24) is 4.90 Å². The molecule has 0 heterocycles. The van der Waals surface area contributed by atoms with Crippen molar-refractivity contribution in [3.05, 3.63) is 35.9 Å². The average Bonchev–Trinajstić information content (AvgIpc) is 2.43. The SMILES string of the molecule is CCN(Cc1ccccc1)C1(CN)CC(C)CC(C)(C)C1. The van der Waals surface area contributed by atoms with Crippen LogP contribution in [-0.2, 0) is 6.54 Å². The average molecular weight is 288 g/mol. The van der Waals surface area contributed by atoms with E-state index < -0.39 is 0 Å². The highest BCUT2D eigenvalue weighted by Crippen LogP contribution is 2.46. The van der Waals surface area contributed by atoms with Gasteiger partial charge in [-0.25, -0.2) is 0 Å². The Bertz CT molecular complexity index is 440. The van der Waals surface area contributed by atoms with E-state index in [1.165, 1.54) is 24.8 Å². The molecule has 21 heavy (non-hydrogen) atoms. The van der Waals surface area contributed by atoms with Crippen LogP contribution >= 0.6 is 0 Å². The minimum Gasteiger partial charge on any atom is -0.329 e. The first-order valence-electron chi connectivity index (χ1n) is 8.40. The highest BCUT2D eigenvalue weighted by Gasteiger charge is 2.45. The molecule has 0 aromatic heterocycles. The van der Waals surface area contributed by atoms with Gasteiger partial charge >= 0.3 is 0 Å². The summed E-state index contributed by atoms with van der Waals surface area (Å²) in [6.45, 7) is 12.3. The van der Waals surface area contributed by atoms with Gasteiger partial charge in [0.15, 0.2) is 0 Å². The second kappa shape index (κ2) is 6.50. The van der Waals surface area contributed by atoms with E-state index in [4.69, 9.17) is 5.73 Å². The second-order valence-electron chi connectivity index (χ2n) is 7.78. The molecular formula is C19H32N2. The van der Waals surface area contributed by atoms with Crippen molar-refractivity contribution in [1.29, 1.82) is 0 Å². The number of nitrogens with two attached hydrogens (primary N) is 1. The standard InChI is InChI=1S/C19H32N2/c1-5-21(13-17-9-7-6-8-10-17)19(15-20)12-16(2)11-18(3,4)14-19/h6-10,16H,5,11-15,20H2,1-4H3. The van der Waals surface area contributed by atoms with Crippen molar-refractivity contribution < 1.29 is 0 Å². The summed E-state index contributed by atoms with van der Waals surface area (Å²) < 4.78 is 0. The van der Waals surface area contributed by atoms with E-state index in [0.29, 0.717) is 5.41 Å². The molecule has 0 spiro atoms. The molecule has 118 valence electrons. The first-order valence-corrected chi connectivity index (χ1v) is 8.40. The van der Waals surface area contributed by atoms with Crippen LogP contribution < -0.4 is 5.73 Å². The van der Waals surface area contributed by atoms with Gasteiger partial charge in [-0.1, -0.05) is 58.0 Å². The Labute approximate surface area is 130 Å². The quantitative estimate of drug-likeness (QED) is 0.885. The van der Waals surface area contributed by atoms with Crippen LogP contribution in [0.1, 0.15) is 52.5 Å². The molecule has 2 heteroatoms. The number of rotatable bonds is 5. The maximum Gasteiger partial charge on any atom is 0.0342 e. The number of hydrogen-bond donors (Lipinski definition) is 1. The van der Waals surface area contributed by atoms with Gasteiger partial charge in [-0.2, -0.15) is 0 Å². The van der Waals surface area contributed by atoms with Crippen LogP contribution in [0.4, 0.5) is 0 Å². The van der Waals surface area contributed by atoms with Gasteiger partial charge < -0.3 is 5.73 Å². The minimum atomic E-state index is 0.158. The lowest BCUT2D eigenvalue weighted by atomic mass is 9.63. The van der Waals surface area contributed by atoms with Gasteiger partial charge in [-0.05, 0) is 42.7 Å². The predicted octanol–water partition coefficient (Wildman–Crippen LogP) is 4.05.